The molecule has 1 amide bonds. The SMILES string of the molecule is COc1ccc(NCc2ccncc2)c(C(=O)Nc2cccc(C(F)(F)F)c2)c1. The minimum absolute atomic E-state index is 0.0488. The Labute approximate surface area is 165 Å². The fourth-order valence-electron chi connectivity index (χ4n) is 2.66. The van der Waals surface area contributed by atoms with Gasteiger partial charge in [-0.1, -0.05) is 6.07 Å². The summed E-state index contributed by atoms with van der Waals surface area (Å²) < 4.78 is 43.9. The summed E-state index contributed by atoms with van der Waals surface area (Å²) in [6.07, 6.45) is -1.17. The van der Waals surface area contributed by atoms with Crippen LogP contribution in [0.3, 0.4) is 0 Å². The van der Waals surface area contributed by atoms with Crippen LogP contribution >= 0.6 is 0 Å². The summed E-state index contributed by atoms with van der Waals surface area (Å²) in [6, 6.07) is 13.0. The lowest BCUT2D eigenvalue weighted by molar-refractivity contribution is -0.137. The van der Waals surface area contributed by atoms with E-state index in [0.29, 0.717) is 18.0 Å². The maximum atomic E-state index is 12.9. The Morgan fingerprint density at radius 2 is 1.83 bits per heavy atom. The molecule has 0 bridgehead atoms. The van der Waals surface area contributed by atoms with Gasteiger partial charge in [0.2, 0.25) is 0 Å². The Morgan fingerprint density at radius 1 is 1.07 bits per heavy atom. The molecular formula is C21H18F3N3O2. The van der Waals surface area contributed by atoms with Crippen LogP contribution in [0.25, 0.3) is 0 Å². The third-order valence-corrected chi connectivity index (χ3v) is 4.15. The number of pyridine rings is 1. The number of ether oxygens (including phenoxy) is 1. The third kappa shape index (κ3) is 5.25. The molecule has 5 nitrogen and oxygen atoms in total. The van der Waals surface area contributed by atoms with Gasteiger partial charge in [-0.15, -0.1) is 0 Å². The van der Waals surface area contributed by atoms with Crippen LogP contribution in [0.1, 0.15) is 21.5 Å². The fraction of sp³-hybridized carbons (Fsp3) is 0.143. The van der Waals surface area contributed by atoms with Crippen molar-refractivity contribution in [1.29, 1.82) is 0 Å². The number of halogens is 3. The highest BCUT2D eigenvalue weighted by Gasteiger charge is 2.30. The Kier molecular flexibility index (Phi) is 6.01. The molecule has 8 heteroatoms. The standard InChI is InChI=1S/C21H18F3N3O2/c1-29-17-5-6-19(26-13-14-7-9-25-10-8-14)18(12-17)20(28)27-16-4-2-3-15(11-16)21(22,23)24/h2-12,26H,13H2,1H3,(H,27,28). The number of carbonyl (C=O) groups excluding carboxylic acids is 1. The van der Waals surface area contributed by atoms with Crippen LogP contribution < -0.4 is 15.4 Å². The molecule has 3 rings (SSSR count). The number of aromatic nitrogens is 1. The molecule has 3 aromatic rings. The molecule has 0 fully saturated rings. The molecule has 150 valence electrons. The molecular weight excluding hydrogens is 383 g/mol. The molecule has 29 heavy (non-hydrogen) atoms. The molecule has 2 aromatic carbocycles. The van der Waals surface area contributed by atoms with Gasteiger partial charge in [0.25, 0.3) is 5.91 Å². The van der Waals surface area contributed by atoms with Crippen molar-refractivity contribution in [2.24, 2.45) is 0 Å². The van der Waals surface area contributed by atoms with Gasteiger partial charge in [-0.3, -0.25) is 9.78 Å². The summed E-state index contributed by atoms with van der Waals surface area (Å²) in [5, 5.41) is 5.68. The zero-order valence-electron chi connectivity index (χ0n) is 15.5. The van der Waals surface area contributed by atoms with E-state index in [2.05, 4.69) is 15.6 Å². The second-order valence-electron chi connectivity index (χ2n) is 6.15. The maximum absolute atomic E-state index is 12.9. The molecule has 0 aliphatic heterocycles. The molecule has 0 unspecified atom stereocenters. The van der Waals surface area contributed by atoms with E-state index in [0.717, 1.165) is 17.7 Å². The molecule has 0 atom stereocenters. The van der Waals surface area contributed by atoms with Gasteiger partial charge in [0, 0.05) is 30.3 Å². The molecule has 0 spiro atoms. The molecule has 0 aliphatic carbocycles. The maximum Gasteiger partial charge on any atom is 0.416 e. The summed E-state index contributed by atoms with van der Waals surface area (Å²) in [5.74, 6) is -0.103. The van der Waals surface area contributed by atoms with Crippen molar-refractivity contribution < 1.29 is 22.7 Å². The number of carbonyl (C=O) groups is 1. The zero-order chi connectivity index (χ0) is 20.9. The molecule has 0 aliphatic rings. The smallest absolute Gasteiger partial charge is 0.416 e. The lowest BCUT2D eigenvalue weighted by atomic mass is 10.1. The van der Waals surface area contributed by atoms with Crippen LogP contribution in [0.4, 0.5) is 24.5 Å². The number of hydrogen-bond acceptors (Lipinski definition) is 4. The summed E-state index contributed by atoms with van der Waals surface area (Å²) in [7, 11) is 1.47. The predicted molar refractivity (Wildman–Crippen MR) is 104 cm³/mol. The van der Waals surface area contributed by atoms with Crippen LogP contribution in [0.5, 0.6) is 5.75 Å². The Bertz CT molecular complexity index is 992. The van der Waals surface area contributed by atoms with E-state index in [1.54, 1.807) is 24.5 Å². The van der Waals surface area contributed by atoms with E-state index >= 15 is 0 Å². The van der Waals surface area contributed by atoms with Crippen LogP contribution in [-0.2, 0) is 12.7 Å². The van der Waals surface area contributed by atoms with Gasteiger partial charge in [-0.25, -0.2) is 0 Å². The van der Waals surface area contributed by atoms with Crippen molar-refractivity contribution in [2.75, 3.05) is 17.7 Å². The summed E-state index contributed by atoms with van der Waals surface area (Å²) in [5.41, 5.74) is 0.938. The van der Waals surface area contributed by atoms with Gasteiger partial charge in [-0.2, -0.15) is 13.2 Å². The van der Waals surface area contributed by atoms with Crippen molar-refractivity contribution in [3.8, 4) is 5.75 Å². The Hall–Kier alpha value is -3.55. The number of rotatable bonds is 6. The number of nitrogens with zero attached hydrogens (tertiary/aromatic N) is 1. The largest absolute Gasteiger partial charge is 0.497 e. The first kappa shape index (κ1) is 20.2. The molecule has 1 heterocycles. The number of hydrogen-bond donors (Lipinski definition) is 2. The number of anilines is 2. The first-order valence-electron chi connectivity index (χ1n) is 8.66. The minimum Gasteiger partial charge on any atom is -0.497 e. The molecule has 1 aromatic heterocycles. The van der Waals surface area contributed by atoms with Crippen LogP contribution in [0, 0.1) is 0 Å². The van der Waals surface area contributed by atoms with Gasteiger partial charge < -0.3 is 15.4 Å². The molecule has 0 saturated heterocycles. The highest BCUT2D eigenvalue weighted by molar-refractivity contribution is 6.08. The average Bonchev–Trinajstić information content (AvgIpc) is 2.72. The number of benzene rings is 2. The summed E-state index contributed by atoms with van der Waals surface area (Å²) >= 11 is 0. The van der Waals surface area contributed by atoms with Crippen molar-refractivity contribution in [2.45, 2.75) is 12.7 Å². The minimum atomic E-state index is -4.49. The fourth-order valence-corrected chi connectivity index (χ4v) is 2.66. The number of amides is 1. The van der Waals surface area contributed by atoms with Gasteiger partial charge in [0.15, 0.2) is 0 Å². The van der Waals surface area contributed by atoms with E-state index < -0.39 is 17.6 Å². The van der Waals surface area contributed by atoms with Gasteiger partial charge >= 0.3 is 6.18 Å². The van der Waals surface area contributed by atoms with Crippen LogP contribution in [-0.4, -0.2) is 18.0 Å². The normalized spacial score (nSPS) is 11.0. The van der Waals surface area contributed by atoms with E-state index in [4.69, 9.17) is 4.74 Å². The first-order valence-corrected chi connectivity index (χ1v) is 8.66. The third-order valence-electron chi connectivity index (χ3n) is 4.15. The second kappa shape index (κ2) is 8.64. The molecule has 0 radical (unpaired) electrons. The quantitative estimate of drug-likeness (QED) is 0.612. The predicted octanol–water partition coefficient (Wildman–Crippen LogP) is 4.97. The van der Waals surface area contributed by atoms with Crippen molar-refractivity contribution in [3.05, 3.63) is 83.7 Å². The van der Waals surface area contributed by atoms with Gasteiger partial charge in [0.05, 0.1) is 18.2 Å². The second-order valence-corrected chi connectivity index (χ2v) is 6.15. The zero-order valence-corrected chi connectivity index (χ0v) is 15.5. The molecule has 0 saturated carbocycles. The van der Waals surface area contributed by atoms with Crippen molar-refractivity contribution >= 4 is 17.3 Å². The highest BCUT2D eigenvalue weighted by atomic mass is 19.4. The van der Waals surface area contributed by atoms with Crippen molar-refractivity contribution in [3.63, 3.8) is 0 Å². The molecule has 2 N–H and O–H groups in total. The van der Waals surface area contributed by atoms with Gasteiger partial charge in [0.1, 0.15) is 5.75 Å². The van der Waals surface area contributed by atoms with E-state index in [-0.39, 0.29) is 11.3 Å². The highest BCUT2D eigenvalue weighted by Crippen LogP contribution is 2.31. The van der Waals surface area contributed by atoms with E-state index in [1.165, 1.54) is 25.3 Å². The number of methoxy groups -OCH3 is 1. The lowest BCUT2D eigenvalue weighted by Gasteiger charge is -2.14. The number of nitrogens with one attached hydrogen (secondary N) is 2. The first-order chi connectivity index (χ1) is 13.9. The average molecular weight is 401 g/mol. The summed E-state index contributed by atoms with van der Waals surface area (Å²) in [4.78, 5) is 16.7. The van der Waals surface area contributed by atoms with E-state index in [9.17, 15) is 18.0 Å². The van der Waals surface area contributed by atoms with E-state index in [1.807, 2.05) is 12.1 Å². The number of alkyl halides is 3. The van der Waals surface area contributed by atoms with Crippen LogP contribution in [0.2, 0.25) is 0 Å². The summed E-state index contributed by atoms with van der Waals surface area (Å²) in [6.45, 7) is 0.443. The Balaban J connectivity index is 1.83. The lowest BCUT2D eigenvalue weighted by Crippen LogP contribution is -2.16. The Morgan fingerprint density at radius 3 is 2.52 bits per heavy atom. The van der Waals surface area contributed by atoms with Crippen LogP contribution in [0.15, 0.2) is 67.0 Å². The van der Waals surface area contributed by atoms with Crippen molar-refractivity contribution in [1.82, 2.24) is 4.98 Å². The van der Waals surface area contributed by atoms with Gasteiger partial charge in [-0.05, 0) is 54.1 Å². The topological polar surface area (TPSA) is 63.2 Å². The monoisotopic (exact) mass is 401 g/mol.